The molecule has 0 spiro atoms. The Kier molecular flexibility index (Phi) is 8.48. The molecule has 0 aliphatic heterocycles. The first-order valence-corrected chi connectivity index (χ1v) is 10.7. The zero-order valence-electron chi connectivity index (χ0n) is 18.2. The van der Waals surface area contributed by atoms with Crippen molar-refractivity contribution >= 4 is 10.0 Å². The van der Waals surface area contributed by atoms with Gasteiger partial charge in [-0.25, -0.2) is 8.42 Å². The fraction of sp³-hybridized carbons (Fsp3) is 0.429. The SMILES string of the molecule is COc1cc(CN(CC(OC)OC)S(=O)(=O)c2ccc(C)cc2)cc(OC)c1OC. The smallest absolute Gasteiger partial charge is 0.243 e. The number of hydrogen-bond acceptors (Lipinski definition) is 7. The van der Waals surface area contributed by atoms with Gasteiger partial charge in [-0.1, -0.05) is 17.7 Å². The lowest BCUT2D eigenvalue weighted by Crippen LogP contribution is -2.38. The first-order chi connectivity index (χ1) is 14.3. The zero-order valence-corrected chi connectivity index (χ0v) is 19.0. The molecule has 2 aromatic rings. The van der Waals surface area contributed by atoms with E-state index in [1.54, 1.807) is 36.4 Å². The molecule has 0 saturated heterocycles. The number of ether oxygens (including phenoxy) is 5. The summed E-state index contributed by atoms with van der Waals surface area (Å²) in [4.78, 5) is 0.187. The third kappa shape index (κ3) is 5.42. The standard InChI is InChI=1S/C21H29NO7S/c1-15-7-9-17(10-8-15)30(23,24)22(14-20(27-4)28-5)13-16-11-18(25-2)21(29-6)19(12-16)26-3/h7-12,20H,13-14H2,1-6H3. The molecule has 0 unspecified atom stereocenters. The molecule has 0 radical (unpaired) electrons. The Morgan fingerprint density at radius 2 is 1.40 bits per heavy atom. The molecule has 0 amide bonds. The summed E-state index contributed by atoms with van der Waals surface area (Å²) >= 11 is 0. The Morgan fingerprint density at radius 1 is 0.867 bits per heavy atom. The van der Waals surface area contributed by atoms with Crippen molar-refractivity contribution in [2.24, 2.45) is 0 Å². The maximum absolute atomic E-state index is 13.4. The average Bonchev–Trinajstić information content (AvgIpc) is 2.75. The van der Waals surface area contributed by atoms with Crippen molar-refractivity contribution in [1.82, 2.24) is 4.31 Å². The van der Waals surface area contributed by atoms with Crippen molar-refractivity contribution in [3.63, 3.8) is 0 Å². The number of benzene rings is 2. The Morgan fingerprint density at radius 3 is 1.83 bits per heavy atom. The molecule has 9 heteroatoms. The van der Waals surface area contributed by atoms with Crippen LogP contribution in [0.2, 0.25) is 0 Å². The summed E-state index contributed by atoms with van der Waals surface area (Å²) < 4.78 is 54.7. The van der Waals surface area contributed by atoms with Crippen molar-refractivity contribution in [3.05, 3.63) is 47.5 Å². The lowest BCUT2D eigenvalue weighted by molar-refractivity contribution is -0.108. The van der Waals surface area contributed by atoms with Crippen LogP contribution in [0, 0.1) is 6.92 Å². The highest BCUT2D eigenvalue weighted by Crippen LogP contribution is 2.38. The van der Waals surface area contributed by atoms with E-state index in [2.05, 4.69) is 0 Å². The van der Waals surface area contributed by atoms with Crippen LogP contribution >= 0.6 is 0 Å². The molecule has 30 heavy (non-hydrogen) atoms. The van der Waals surface area contributed by atoms with Crippen LogP contribution in [0.1, 0.15) is 11.1 Å². The van der Waals surface area contributed by atoms with Gasteiger partial charge in [0.25, 0.3) is 0 Å². The topological polar surface area (TPSA) is 83.5 Å². The number of sulfonamides is 1. The molecule has 0 atom stereocenters. The first-order valence-electron chi connectivity index (χ1n) is 9.22. The fourth-order valence-electron chi connectivity index (χ4n) is 2.95. The molecule has 2 aromatic carbocycles. The Bertz CT molecular complexity index is 900. The lowest BCUT2D eigenvalue weighted by Gasteiger charge is -2.26. The summed E-state index contributed by atoms with van der Waals surface area (Å²) in [6, 6.07) is 10.1. The van der Waals surface area contributed by atoms with Crippen LogP contribution in [0.3, 0.4) is 0 Å². The van der Waals surface area contributed by atoms with Crippen LogP contribution in [0.5, 0.6) is 17.2 Å². The van der Waals surface area contributed by atoms with Crippen molar-refractivity contribution in [2.75, 3.05) is 42.1 Å². The van der Waals surface area contributed by atoms with Crippen molar-refractivity contribution in [1.29, 1.82) is 0 Å². The largest absolute Gasteiger partial charge is 0.493 e. The molecule has 0 saturated carbocycles. The summed E-state index contributed by atoms with van der Waals surface area (Å²) in [5.74, 6) is 1.31. The summed E-state index contributed by atoms with van der Waals surface area (Å²) in [6.07, 6.45) is -0.729. The summed E-state index contributed by atoms with van der Waals surface area (Å²) in [5, 5.41) is 0. The van der Waals surface area contributed by atoms with Gasteiger partial charge in [-0.2, -0.15) is 4.31 Å². The van der Waals surface area contributed by atoms with Crippen molar-refractivity contribution < 1.29 is 32.1 Å². The molecular weight excluding hydrogens is 410 g/mol. The molecule has 0 aliphatic carbocycles. The molecule has 0 bridgehead atoms. The number of hydrogen-bond donors (Lipinski definition) is 0. The highest BCUT2D eigenvalue weighted by atomic mass is 32.2. The minimum Gasteiger partial charge on any atom is -0.493 e. The lowest BCUT2D eigenvalue weighted by atomic mass is 10.1. The van der Waals surface area contributed by atoms with Gasteiger partial charge in [0.2, 0.25) is 15.8 Å². The predicted molar refractivity (Wildman–Crippen MR) is 113 cm³/mol. The van der Waals surface area contributed by atoms with E-state index in [0.29, 0.717) is 22.8 Å². The normalized spacial score (nSPS) is 11.7. The maximum Gasteiger partial charge on any atom is 0.243 e. The third-order valence-corrected chi connectivity index (χ3v) is 6.45. The van der Waals surface area contributed by atoms with E-state index in [9.17, 15) is 8.42 Å². The second-order valence-electron chi connectivity index (χ2n) is 6.55. The fourth-order valence-corrected chi connectivity index (χ4v) is 4.36. The van der Waals surface area contributed by atoms with E-state index < -0.39 is 16.3 Å². The molecule has 2 rings (SSSR count). The molecule has 0 aliphatic rings. The van der Waals surface area contributed by atoms with Gasteiger partial charge < -0.3 is 23.7 Å². The second-order valence-corrected chi connectivity index (χ2v) is 8.48. The molecule has 166 valence electrons. The maximum atomic E-state index is 13.4. The quantitative estimate of drug-likeness (QED) is 0.498. The van der Waals surface area contributed by atoms with Gasteiger partial charge in [0, 0.05) is 20.8 Å². The van der Waals surface area contributed by atoms with E-state index in [-0.39, 0.29) is 18.0 Å². The molecule has 0 heterocycles. The second kappa shape index (κ2) is 10.6. The number of aryl methyl sites for hydroxylation is 1. The highest BCUT2D eigenvalue weighted by molar-refractivity contribution is 7.89. The van der Waals surface area contributed by atoms with Crippen LogP contribution in [0.15, 0.2) is 41.3 Å². The molecule has 0 aromatic heterocycles. The molecular formula is C21H29NO7S. The van der Waals surface area contributed by atoms with Gasteiger partial charge in [0.05, 0.1) is 32.8 Å². The van der Waals surface area contributed by atoms with Gasteiger partial charge in [0.1, 0.15) is 0 Å². The van der Waals surface area contributed by atoms with E-state index in [1.165, 1.54) is 39.9 Å². The van der Waals surface area contributed by atoms with Crippen molar-refractivity contribution in [3.8, 4) is 17.2 Å². The van der Waals surface area contributed by atoms with E-state index in [0.717, 1.165) is 5.56 Å². The van der Waals surface area contributed by atoms with Gasteiger partial charge in [0.15, 0.2) is 17.8 Å². The van der Waals surface area contributed by atoms with Gasteiger partial charge >= 0.3 is 0 Å². The number of rotatable bonds is 11. The number of nitrogens with zero attached hydrogens (tertiary/aromatic N) is 1. The minimum atomic E-state index is -3.83. The Hall–Kier alpha value is -2.33. The monoisotopic (exact) mass is 439 g/mol. The van der Waals surface area contributed by atoms with Crippen molar-refractivity contribution in [2.45, 2.75) is 24.7 Å². The van der Waals surface area contributed by atoms with E-state index >= 15 is 0 Å². The van der Waals surface area contributed by atoms with Crippen LogP contribution in [0.4, 0.5) is 0 Å². The Balaban J connectivity index is 2.49. The summed E-state index contributed by atoms with van der Waals surface area (Å²) in [7, 11) is 3.62. The zero-order chi connectivity index (χ0) is 22.3. The van der Waals surface area contributed by atoms with Crippen LogP contribution < -0.4 is 14.2 Å². The third-order valence-electron chi connectivity index (χ3n) is 4.62. The Labute approximate surface area is 178 Å². The molecule has 0 fully saturated rings. The first kappa shape index (κ1) is 23.9. The summed E-state index contributed by atoms with van der Waals surface area (Å²) in [6.45, 7) is 1.95. The van der Waals surface area contributed by atoms with E-state index in [1.807, 2.05) is 6.92 Å². The predicted octanol–water partition coefficient (Wildman–Crippen LogP) is 2.83. The number of methoxy groups -OCH3 is 5. The molecule has 8 nitrogen and oxygen atoms in total. The summed E-state index contributed by atoms with van der Waals surface area (Å²) in [5.41, 5.74) is 1.63. The van der Waals surface area contributed by atoms with E-state index in [4.69, 9.17) is 23.7 Å². The molecule has 0 N–H and O–H groups in total. The van der Waals surface area contributed by atoms with Gasteiger partial charge in [-0.05, 0) is 36.8 Å². The highest BCUT2D eigenvalue weighted by Gasteiger charge is 2.28. The van der Waals surface area contributed by atoms with Gasteiger partial charge in [-0.15, -0.1) is 0 Å². The van der Waals surface area contributed by atoms with Crippen LogP contribution in [-0.4, -0.2) is 61.1 Å². The average molecular weight is 440 g/mol. The van der Waals surface area contributed by atoms with Gasteiger partial charge in [-0.3, -0.25) is 0 Å². The van der Waals surface area contributed by atoms with Crippen LogP contribution in [-0.2, 0) is 26.0 Å². The minimum absolute atomic E-state index is 0.000129. The van der Waals surface area contributed by atoms with Crippen LogP contribution in [0.25, 0.3) is 0 Å².